The molecule has 3 aliphatic heterocycles. The third-order valence-electron chi connectivity index (χ3n) is 5.86. The number of amides is 1. The molecule has 6 rings (SSSR count). The monoisotopic (exact) mass is 432 g/mol. The minimum atomic E-state index is -0.453. The third kappa shape index (κ3) is 4.46. The number of benzene rings is 3. The second kappa shape index (κ2) is 9.01. The smallest absolute Gasteiger partial charge is 0.224 e. The first-order chi connectivity index (χ1) is 15.7. The lowest BCUT2D eigenvalue weighted by atomic mass is 9.89. The molecule has 8 bridgehead atoms. The molecule has 2 N–H and O–H groups in total. The van der Waals surface area contributed by atoms with Gasteiger partial charge in [0, 0.05) is 13.1 Å². The van der Waals surface area contributed by atoms with Crippen molar-refractivity contribution in [3.8, 4) is 17.2 Å². The van der Waals surface area contributed by atoms with Crippen LogP contribution in [0.4, 0.5) is 4.39 Å². The van der Waals surface area contributed by atoms with Gasteiger partial charge in [0.1, 0.15) is 11.5 Å². The van der Waals surface area contributed by atoms with Crippen LogP contribution in [0.5, 0.6) is 17.2 Å². The quantitative estimate of drug-likeness (QED) is 0.556. The van der Waals surface area contributed by atoms with E-state index < -0.39 is 5.82 Å². The van der Waals surface area contributed by atoms with E-state index in [0.717, 1.165) is 24.3 Å². The first-order valence-corrected chi connectivity index (χ1v) is 11.0. The van der Waals surface area contributed by atoms with Crippen LogP contribution in [0, 0.1) is 5.82 Å². The zero-order chi connectivity index (χ0) is 21.9. The molecule has 3 heterocycles. The van der Waals surface area contributed by atoms with Gasteiger partial charge in [-0.25, -0.2) is 4.39 Å². The lowest BCUT2D eigenvalue weighted by molar-refractivity contribution is -0.120. The minimum Gasteiger partial charge on any atom is -0.494 e. The molecule has 5 nitrogen and oxygen atoms in total. The maximum Gasteiger partial charge on any atom is 0.224 e. The summed E-state index contributed by atoms with van der Waals surface area (Å²) in [5, 5.41) is 6.48. The molecule has 164 valence electrons. The van der Waals surface area contributed by atoms with Crippen molar-refractivity contribution in [1.82, 2.24) is 10.6 Å². The molecule has 0 saturated heterocycles. The van der Waals surface area contributed by atoms with Gasteiger partial charge in [0.25, 0.3) is 0 Å². The molecule has 0 spiro atoms. The maximum absolute atomic E-state index is 14.4. The van der Waals surface area contributed by atoms with Crippen LogP contribution in [-0.2, 0) is 17.6 Å². The zero-order valence-electron chi connectivity index (χ0n) is 17.7. The predicted octanol–water partition coefficient (Wildman–Crippen LogP) is 4.29. The van der Waals surface area contributed by atoms with E-state index in [0.29, 0.717) is 30.9 Å². The molecule has 3 aromatic carbocycles. The fourth-order valence-electron chi connectivity index (χ4n) is 4.29. The molecular formula is C26H25FN2O3. The SMILES string of the molecule is O=C1Cc2ccc(F)c(c2)Oc2ccc3c(c2)CCNC3c2cccc(c2)OCCCN1. The lowest BCUT2D eigenvalue weighted by Gasteiger charge is -2.28. The summed E-state index contributed by atoms with van der Waals surface area (Å²) in [5.41, 5.74) is 4.18. The first-order valence-electron chi connectivity index (χ1n) is 11.0. The van der Waals surface area contributed by atoms with Gasteiger partial charge in [-0.3, -0.25) is 4.79 Å². The van der Waals surface area contributed by atoms with Crippen molar-refractivity contribution >= 4 is 5.91 Å². The highest BCUT2D eigenvalue weighted by Crippen LogP contribution is 2.34. The van der Waals surface area contributed by atoms with E-state index in [4.69, 9.17) is 9.47 Å². The normalized spacial score (nSPS) is 18.4. The van der Waals surface area contributed by atoms with E-state index in [-0.39, 0.29) is 24.1 Å². The molecule has 0 aliphatic carbocycles. The Labute approximate surface area is 186 Å². The number of rotatable bonds is 0. The van der Waals surface area contributed by atoms with Crippen molar-refractivity contribution < 1.29 is 18.7 Å². The number of carbonyl (C=O) groups is 1. The Morgan fingerprint density at radius 2 is 1.91 bits per heavy atom. The maximum atomic E-state index is 14.4. The standard InChI is InChI=1S/C26H25FN2O3/c27-23-8-5-17-13-24(23)32-21-6-7-22-18(15-21)9-11-29-26(22)19-3-1-4-20(16-19)31-12-2-10-28-25(30)14-17/h1,3-8,13,15-16,26,29H,2,9-12,14H2,(H,28,30). The van der Waals surface area contributed by atoms with Crippen molar-refractivity contribution in [2.75, 3.05) is 19.7 Å². The molecule has 0 saturated carbocycles. The highest BCUT2D eigenvalue weighted by atomic mass is 19.1. The van der Waals surface area contributed by atoms with Gasteiger partial charge in [0.05, 0.1) is 19.1 Å². The number of carbonyl (C=O) groups excluding carboxylic acids is 1. The number of nitrogens with one attached hydrogen (secondary N) is 2. The van der Waals surface area contributed by atoms with E-state index in [1.54, 1.807) is 12.1 Å². The Bertz CT molecular complexity index is 1150. The van der Waals surface area contributed by atoms with Crippen LogP contribution in [0.25, 0.3) is 0 Å². The fraction of sp³-hybridized carbons (Fsp3) is 0.269. The average Bonchev–Trinajstić information content (AvgIpc) is 2.80. The number of halogens is 1. The van der Waals surface area contributed by atoms with Gasteiger partial charge in [-0.05, 0) is 71.5 Å². The molecule has 0 fully saturated rings. The Morgan fingerprint density at radius 1 is 0.969 bits per heavy atom. The van der Waals surface area contributed by atoms with Crippen LogP contribution in [0.1, 0.15) is 34.7 Å². The summed E-state index contributed by atoms with van der Waals surface area (Å²) >= 11 is 0. The van der Waals surface area contributed by atoms with Crippen LogP contribution < -0.4 is 20.1 Å². The van der Waals surface area contributed by atoms with Crippen LogP contribution in [-0.4, -0.2) is 25.6 Å². The number of hydrogen-bond donors (Lipinski definition) is 2. The number of ether oxygens (including phenoxy) is 2. The van der Waals surface area contributed by atoms with Crippen LogP contribution in [0.3, 0.4) is 0 Å². The topological polar surface area (TPSA) is 59.6 Å². The van der Waals surface area contributed by atoms with Gasteiger partial charge in [-0.1, -0.05) is 24.3 Å². The van der Waals surface area contributed by atoms with E-state index >= 15 is 0 Å². The van der Waals surface area contributed by atoms with E-state index in [9.17, 15) is 9.18 Å². The summed E-state index contributed by atoms with van der Waals surface area (Å²) in [5.74, 6) is 0.951. The lowest BCUT2D eigenvalue weighted by Crippen LogP contribution is -2.30. The summed E-state index contributed by atoms with van der Waals surface area (Å²) in [6, 6.07) is 18.6. The molecule has 1 unspecified atom stereocenters. The Hall–Kier alpha value is -3.38. The van der Waals surface area contributed by atoms with E-state index in [1.807, 2.05) is 30.3 Å². The predicted molar refractivity (Wildman–Crippen MR) is 120 cm³/mol. The van der Waals surface area contributed by atoms with Crippen LogP contribution >= 0.6 is 0 Å². The van der Waals surface area contributed by atoms with Gasteiger partial charge in [0.15, 0.2) is 11.6 Å². The van der Waals surface area contributed by atoms with Crippen molar-refractivity contribution in [2.45, 2.75) is 25.3 Å². The summed E-state index contributed by atoms with van der Waals surface area (Å²) in [4.78, 5) is 12.3. The molecular weight excluding hydrogens is 407 g/mol. The third-order valence-corrected chi connectivity index (χ3v) is 5.86. The Balaban J connectivity index is 1.52. The molecule has 0 aromatic heterocycles. The van der Waals surface area contributed by atoms with Gasteiger partial charge in [0.2, 0.25) is 5.91 Å². The Kier molecular flexibility index (Phi) is 5.77. The van der Waals surface area contributed by atoms with Crippen molar-refractivity contribution in [3.63, 3.8) is 0 Å². The zero-order valence-corrected chi connectivity index (χ0v) is 17.7. The molecule has 1 amide bonds. The number of hydrogen-bond acceptors (Lipinski definition) is 4. The largest absolute Gasteiger partial charge is 0.494 e. The fourth-order valence-corrected chi connectivity index (χ4v) is 4.29. The molecule has 3 aromatic rings. The number of fused-ring (bicyclic) bond motifs is 7. The second-order valence-corrected chi connectivity index (χ2v) is 8.17. The van der Waals surface area contributed by atoms with Gasteiger partial charge < -0.3 is 20.1 Å². The van der Waals surface area contributed by atoms with Gasteiger partial charge in [-0.2, -0.15) is 0 Å². The molecule has 0 radical (unpaired) electrons. The van der Waals surface area contributed by atoms with Gasteiger partial charge >= 0.3 is 0 Å². The Morgan fingerprint density at radius 3 is 2.84 bits per heavy atom. The minimum absolute atomic E-state index is 0.0535. The molecule has 3 aliphatic rings. The van der Waals surface area contributed by atoms with Crippen molar-refractivity contribution in [3.05, 3.63) is 88.7 Å². The second-order valence-electron chi connectivity index (χ2n) is 8.17. The van der Waals surface area contributed by atoms with Crippen molar-refractivity contribution in [1.29, 1.82) is 0 Å². The van der Waals surface area contributed by atoms with E-state index in [2.05, 4.69) is 22.8 Å². The van der Waals surface area contributed by atoms with Gasteiger partial charge in [-0.15, -0.1) is 0 Å². The average molecular weight is 432 g/mol. The first kappa shape index (κ1) is 20.5. The summed E-state index contributed by atoms with van der Waals surface area (Å²) < 4.78 is 26.2. The van der Waals surface area contributed by atoms with Crippen LogP contribution in [0.2, 0.25) is 0 Å². The highest BCUT2D eigenvalue weighted by Gasteiger charge is 2.22. The molecule has 6 heteroatoms. The molecule has 1 atom stereocenters. The van der Waals surface area contributed by atoms with Crippen molar-refractivity contribution in [2.24, 2.45) is 0 Å². The summed E-state index contributed by atoms with van der Waals surface area (Å²) in [7, 11) is 0. The summed E-state index contributed by atoms with van der Waals surface area (Å²) in [6.45, 7) is 1.86. The van der Waals surface area contributed by atoms with Crippen LogP contribution in [0.15, 0.2) is 60.7 Å². The highest BCUT2D eigenvalue weighted by molar-refractivity contribution is 5.78. The molecule has 32 heavy (non-hydrogen) atoms. The summed E-state index contributed by atoms with van der Waals surface area (Å²) in [6.07, 6.45) is 1.72. The van der Waals surface area contributed by atoms with E-state index in [1.165, 1.54) is 17.2 Å².